The number of nitrogens with one attached hydrogen (secondary N) is 1. The molecule has 0 unspecified atom stereocenters. The third-order valence-corrected chi connectivity index (χ3v) is 4.12. The number of hydrogen-bond donors (Lipinski definition) is 1. The number of carbonyl (C=O) groups excluding carboxylic acids is 2. The summed E-state index contributed by atoms with van der Waals surface area (Å²) >= 11 is 0. The van der Waals surface area contributed by atoms with Gasteiger partial charge in [-0.1, -0.05) is 32.9 Å². The fraction of sp³-hybridized carbons (Fsp3) is 0.364. The van der Waals surface area contributed by atoms with Crippen LogP contribution in [0.4, 0.5) is 5.69 Å². The summed E-state index contributed by atoms with van der Waals surface area (Å²) in [5, 5.41) is 2.62. The van der Waals surface area contributed by atoms with Crippen molar-refractivity contribution in [3.05, 3.63) is 48.0 Å². The lowest BCUT2D eigenvalue weighted by Crippen LogP contribution is -2.23. The number of hydrogen-bond acceptors (Lipinski definition) is 6. The zero-order valence-electron chi connectivity index (χ0n) is 17.4. The second kappa shape index (κ2) is 9.82. The molecule has 0 aromatic heterocycles. The summed E-state index contributed by atoms with van der Waals surface area (Å²) in [4.78, 5) is 23.9. The normalized spacial score (nSPS) is 10.8. The van der Waals surface area contributed by atoms with Gasteiger partial charge in [0.05, 0.1) is 19.9 Å². The van der Waals surface area contributed by atoms with E-state index in [4.69, 9.17) is 18.9 Å². The molecule has 2 aromatic rings. The maximum Gasteiger partial charge on any atom is 0.344 e. The van der Waals surface area contributed by atoms with Crippen LogP contribution < -0.4 is 19.5 Å². The van der Waals surface area contributed by atoms with E-state index in [9.17, 15) is 9.59 Å². The number of ether oxygens (including phenoxy) is 4. The second-order valence-corrected chi connectivity index (χ2v) is 7.34. The van der Waals surface area contributed by atoms with Gasteiger partial charge in [-0.25, -0.2) is 4.79 Å². The van der Waals surface area contributed by atoms with Crippen molar-refractivity contribution >= 4 is 17.6 Å². The van der Waals surface area contributed by atoms with Crippen molar-refractivity contribution < 1.29 is 28.5 Å². The van der Waals surface area contributed by atoms with Gasteiger partial charge < -0.3 is 24.3 Å². The average molecular weight is 401 g/mol. The molecule has 0 fully saturated rings. The maximum atomic E-state index is 12.0. The molecule has 0 heterocycles. The van der Waals surface area contributed by atoms with Gasteiger partial charge in [0.15, 0.2) is 13.2 Å². The van der Waals surface area contributed by atoms with Gasteiger partial charge in [-0.05, 0) is 35.2 Å². The van der Waals surface area contributed by atoms with E-state index in [0.29, 0.717) is 22.9 Å². The van der Waals surface area contributed by atoms with Crippen molar-refractivity contribution in [2.24, 2.45) is 0 Å². The zero-order chi connectivity index (χ0) is 21.4. The first-order valence-corrected chi connectivity index (χ1v) is 9.14. The summed E-state index contributed by atoms with van der Waals surface area (Å²) in [6.45, 7) is 5.64. The molecule has 7 nitrogen and oxygen atoms in total. The maximum absolute atomic E-state index is 12.0. The van der Waals surface area contributed by atoms with Crippen LogP contribution in [0.25, 0.3) is 0 Å². The van der Waals surface area contributed by atoms with E-state index in [-0.39, 0.29) is 12.0 Å². The molecule has 1 amide bonds. The Bertz CT molecular complexity index is 839. The molecule has 156 valence electrons. The van der Waals surface area contributed by atoms with Gasteiger partial charge in [-0.2, -0.15) is 0 Å². The standard InChI is InChI=1S/C22H27NO6/c1-22(2,3)15-6-8-16(9-7-15)28-14-21(25)29-13-20(24)23-18-11-10-17(26-4)12-19(18)27-5/h6-12H,13-14H2,1-5H3,(H,23,24). The SMILES string of the molecule is COc1ccc(NC(=O)COC(=O)COc2ccc(C(C)(C)C)cc2)c(OC)c1. The molecule has 0 saturated carbocycles. The molecule has 0 aliphatic carbocycles. The summed E-state index contributed by atoms with van der Waals surface area (Å²) in [5.41, 5.74) is 1.65. The molecule has 0 spiro atoms. The van der Waals surface area contributed by atoms with Crippen molar-refractivity contribution in [3.8, 4) is 17.2 Å². The van der Waals surface area contributed by atoms with Gasteiger partial charge in [0, 0.05) is 6.07 Å². The molecule has 0 atom stereocenters. The van der Waals surface area contributed by atoms with Gasteiger partial charge in [0.25, 0.3) is 5.91 Å². The van der Waals surface area contributed by atoms with Crippen LogP contribution in [0, 0.1) is 0 Å². The van der Waals surface area contributed by atoms with Crippen LogP contribution in [0.15, 0.2) is 42.5 Å². The number of anilines is 1. The number of benzene rings is 2. The summed E-state index contributed by atoms with van der Waals surface area (Å²) in [5.74, 6) is 0.463. The van der Waals surface area contributed by atoms with Gasteiger partial charge in [-0.3, -0.25) is 4.79 Å². The van der Waals surface area contributed by atoms with Crippen LogP contribution >= 0.6 is 0 Å². The number of amides is 1. The highest BCUT2D eigenvalue weighted by molar-refractivity contribution is 5.94. The van der Waals surface area contributed by atoms with Crippen LogP contribution in [-0.4, -0.2) is 39.3 Å². The van der Waals surface area contributed by atoms with E-state index in [1.807, 2.05) is 12.1 Å². The Morgan fingerprint density at radius 3 is 2.14 bits per heavy atom. The summed E-state index contributed by atoms with van der Waals surface area (Å²) < 4.78 is 20.7. The Hall–Kier alpha value is -3.22. The molecule has 7 heteroatoms. The summed E-state index contributed by atoms with van der Waals surface area (Å²) in [6.07, 6.45) is 0. The Morgan fingerprint density at radius 2 is 1.55 bits per heavy atom. The first kappa shape index (κ1) is 22.1. The molecule has 0 bridgehead atoms. The highest BCUT2D eigenvalue weighted by Crippen LogP contribution is 2.29. The van der Waals surface area contributed by atoms with E-state index in [1.54, 1.807) is 30.3 Å². The quantitative estimate of drug-likeness (QED) is 0.681. The lowest BCUT2D eigenvalue weighted by molar-refractivity contribution is -0.149. The first-order valence-electron chi connectivity index (χ1n) is 9.14. The van der Waals surface area contributed by atoms with Crippen molar-refractivity contribution in [2.75, 3.05) is 32.8 Å². The zero-order valence-corrected chi connectivity index (χ0v) is 17.4. The smallest absolute Gasteiger partial charge is 0.344 e. The average Bonchev–Trinajstić information content (AvgIpc) is 2.70. The minimum atomic E-state index is -0.637. The Balaban J connectivity index is 1.79. The van der Waals surface area contributed by atoms with E-state index in [0.717, 1.165) is 5.56 Å². The first-order chi connectivity index (χ1) is 13.7. The molecule has 1 N–H and O–H groups in total. The highest BCUT2D eigenvalue weighted by Gasteiger charge is 2.14. The predicted molar refractivity (Wildman–Crippen MR) is 110 cm³/mol. The second-order valence-electron chi connectivity index (χ2n) is 7.34. The van der Waals surface area contributed by atoms with E-state index < -0.39 is 18.5 Å². The highest BCUT2D eigenvalue weighted by atomic mass is 16.6. The Labute approximate surface area is 170 Å². The lowest BCUT2D eigenvalue weighted by Gasteiger charge is -2.19. The molecule has 2 rings (SSSR count). The molecule has 0 aliphatic rings. The van der Waals surface area contributed by atoms with Gasteiger partial charge in [0.2, 0.25) is 0 Å². The van der Waals surface area contributed by atoms with E-state index in [2.05, 4.69) is 26.1 Å². The minimum Gasteiger partial charge on any atom is -0.497 e. The monoisotopic (exact) mass is 401 g/mol. The molecule has 2 aromatic carbocycles. The van der Waals surface area contributed by atoms with Gasteiger partial charge >= 0.3 is 5.97 Å². The fourth-order valence-electron chi connectivity index (χ4n) is 2.47. The molecular formula is C22H27NO6. The number of methoxy groups -OCH3 is 2. The number of rotatable bonds is 8. The van der Waals surface area contributed by atoms with Crippen LogP contribution in [0.2, 0.25) is 0 Å². The predicted octanol–water partition coefficient (Wildman–Crippen LogP) is 3.56. The minimum absolute atomic E-state index is 0.0391. The Kier molecular flexibility index (Phi) is 7.47. The molecule has 29 heavy (non-hydrogen) atoms. The van der Waals surface area contributed by atoms with Crippen LogP contribution in [0.3, 0.4) is 0 Å². The topological polar surface area (TPSA) is 83.1 Å². The van der Waals surface area contributed by atoms with Crippen LogP contribution in [-0.2, 0) is 19.7 Å². The molecule has 0 radical (unpaired) electrons. The summed E-state index contributed by atoms with van der Waals surface area (Å²) in [6, 6.07) is 12.5. The lowest BCUT2D eigenvalue weighted by atomic mass is 9.87. The third-order valence-electron chi connectivity index (χ3n) is 4.12. The molecule has 0 aliphatic heterocycles. The van der Waals surface area contributed by atoms with Crippen molar-refractivity contribution in [1.29, 1.82) is 0 Å². The van der Waals surface area contributed by atoms with Crippen LogP contribution in [0.1, 0.15) is 26.3 Å². The fourth-order valence-corrected chi connectivity index (χ4v) is 2.47. The molecule has 0 saturated heterocycles. The largest absolute Gasteiger partial charge is 0.497 e. The van der Waals surface area contributed by atoms with Crippen molar-refractivity contribution in [2.45, 2.75) is 26.2 Å². The molecular weight excluding hydrogens is 374 g/mol. The van der Waals surface area contributed by atoms with E-state index >= 15 is 0 Å². The van der Waals surface area contributed by atoms with Crippen LogP contribution in [0.5, 0.6) is 17.2 Å². The van der Waals surface area contributed by atoms with E-state index in [1.165, 1.54) is 14.2 Å². The van der Waals surface area contributed by atoms with Gasteiger partial charge in [0.1, 0.15) is 17.2 Å². The Morgan fingerprint density at radius 1 is 0.897 bits per heavy atom. The van der Waals surface area contributed by atoms with Gasteiger partial charge in [-0.15, -0.1) is 0 Å². The van der Waals surface area contributed by atoms with Crippen molar-refractivity contribution in [1.82, 2.24) is 0 Å². The third kappa shape index (κ3) is 6.71. The number of esters is 1. The number of carbonyl (C=O) groups is 2. The summed E-state index contributed by atoms with van der Waals surface area (Å²) in [7, 11) is 3.02. The van der Waals surface area contributed by atoms with Crippen molar-refractivity contribution in [3.63, 3.8) is 0 Å².